The molecule has 1 aromatic carbocycles. The average Bonchev–Trinajstić information content (AvgIpc) is 2.69. The van der Waals surface area contributed by atoms with Gasteiger partial charge in [-0.1, -0.05) is 19.1 Å². The highest BCUT2D eigenvalue weighted by Crippen LogP contribution is 2.12. The zero-order valence-corrected chi connectivity index (χ0v) is 16.4. The van der Waals surface area contributed by atoms with Crippen LogP contribution < -0.4 is 4.74 Å². The maximum atomic E-state index is 11.7. The van der Waals surface area contributed by atoms with Crippen LogP contribution >= 0.6 is 0 Å². The fraction of sp³-hybridized carbons (Fsp3) is 0.650. The van der Waals surface area contributed by atoms with Crippen LogP contribution in [-0.2, 0) is 15.9 Å². The number of rotatable bonds is 10. The molecule has 1 amide bonds. The lowest BCUT2D eigenvalue weighted by atomic mass is 10.2. The molecule has 0 aliphatic carbocycles. The lowest BCUT2D eigenvalue weighted by Crippen LogP contribution is -2.51. The Bertz CT molecular complexity index is 544. The lowest BCUT2D eigenvalue weighted by Gasteiger charge is -2.34. The lowest BCUT2D eigenvalue weighted by molar-refractivity contribution is -0.0000939. The molecule has 27 heavy (non-hydrogen) atoms. The number of carbonyl (C=O) groups excluding carboxylic acids is 1. The van der Waals surface area contributed by atoms with Gasteiger partial charge in [-0.2, -0.15) is 0 Å². The molecule has 0 radical (unpaired) electrons. The van der Waals surface area contributed by atoms with Crippen LogP contribution in [0.1, 0.15) is 19.4 Å². The number of aliphatic hydroxyl groups is 1. The van der Waals surface area contributed by atoms with Crippen molar-refractivity contribution in [1.29, 1.82) is 0 Å². The number of hydrogen-bond donors (Lipinski definition) is 1. The minimum absolute atomic E-state index is 0.259. The molecule has 1 aromatic rings. The molecule has 1 aliphatic rings. The first-order valence-corrected chi connectivity index (χ1v) is 9.74. The summed E-state index contributed by atoms with van der Waals surface area (Å²) in [7, 11) is 0. The quantitative estimate of drug-likeness (QED) is 0.624. The zero-order valence-electron chi connectivity index (χ0n) is 16.4. The first-order chi connectivity index (χ1) is 13.1. The summed E-state index contributed by atoms with van der Waals surface area (Å²) in [5.41, 5.74) is 1.28. The third-order valence-corrected chi connectivity index (χ3v) is 4.51. The highest BCUT2D eigenvalue weighted by Gasteiger charge is 2.23. The second-order valence-corrected chi connectivity index (χ2v) is 6.56. The number of benzene rings is 1. The van der Waals surface area contributed by atoms with E-state index in [-0.39, 0.29) is 12.7 Å². The van der Waals surface area contributed by atoms with Crippen LogP contribution in [0.5, 0.6) is 5.75 Å². The summed E-state index contributed by atoms with van der Waals surface area (Å²) in [6, 6.07) is 8.04. The second-order valence-electron chi connectivity index (χ2n) is 6.56. The molecule has 0 saturated carbocycles. The number of aliphatic hydroxyl groups excluding tert-OH is 1. The van der Waals surface area contributed by atoms with Gasteiger partial charge < -0.3 is 24.2 Å². The van der Waals surface area contributed by atoms with Crippen molar-refractivity contribution in [3.63, 3.8) is 0 Å². The Morgan fingerprint density at radius 1 is 1.11 bits per heavy atom. The Kier molecular flexibility index (Phi) is 9.38. The van der Waals surface area contributed by atoms with E-state index >= 15 is 0 Å². The van der Waals surface area contributed by atoms with Gasteiger partial charge in [-0.15, -0.1) is 0 Å². The molecule has 1 N–H and O–H groups in total. The van der Waals surface area contributed by atoms with Crippen molar-refractivity contribution < 1.29 is 24.1 Å². The van der Waals surface area contributed by atoms with E-state index in [1.165, 1.54) is 5.56 Å². The van der Waals surface area contributed by atoms with E-state index in [0.717, 1.165) is 25.3 Å². The number of ether oxygens (including phenoxy) is 3. The zero-order chi connectivity index (χ0) is 19.5. The van der Waals surface area contributed by atoms with Crippen molar-refractivity contribution in [2.75, 3.05) is 59.2 Å². The predicted molar refractivity (Wildman–Crippen MR) is 103 cm³/mol. The third kappa shape index (κ3) is 7.74. The fourth-order valence-corrected chi connectivity index (χ4v) is 2.94. The van der Waals surface area contributed by atoms with Crippen molar-refractivity contribution in [3.05, 3.63) is 29.8 Å². The summed E-state index contributed by atoms with van der Waals surface area (Å²) in [5.74, 6) is 0.829. The van der Waals surface area contributed by atoms with Gasteiger partial charge in [-0.3, -0.25) is 4.90 Å². The topological polar surface area (TPSA) is 71.5 Å². The van der Waals surface area contributed by atoms with E-state index in [0.29, 0.717) is 39.5 Å². The van der Waals surface area contributed by atoms with Crippen molar-refractivity contribution in [2.24, 2.45) is 0 Å². The molecule has 7 nitrogen and oxygen atoms in total. The monoisotopic (exact) mass is 380 g/mol. The molecular formula is C20H32N2O5. The molecule has 0 spiro atoms. The van der Waals surface area contributed by atoms with Crippen LogP contribution in [0.3, 0.4) is 0 Å². The minimum atomic E-state index is -0.553. The van der Waals surface area contributed by atoms with E-state index in [1.54, 1.807) is 11.8 Å². The standard InChI is InChI=1S/C20H32N2O5/c1-3-17-5-7-19(8-6-17)27-14-13-25-16-18(23)15-21-9-11-22(12-10-21)20(24)26-4-2/h5-8,18,23H,3-4,9-16H2,1-2H3. The van der Waals surface area contributed by atoms with Crippen LogP contribution in [0, 0.1) is 0 Å². The normalized spacial score (nSPS) is 16.2. The van der Waals surface area contributed by atoms with Gasteiger partial charge in [0.1, 0.15) is 12.4 Å². The van der Waals surface area contributed by atoms with Crippen LogP contribution in [-0.4, -0.2) is 86.3 Å². The molecule has 1 heterocycles. The molecule has 1 unspecified atom stereocenters. The predicted octanol–water partition coefficient (Wildman–Crippen LogP) is 1.78. The van der Waals surface area contributed by atoms with E-state index in [4.69, 9.17) is 14.2 Å². The van der Waals surface area contributed by atoms with E-state index < -0.39 is 6.10 Å². The molecule has 1 atom stereocenters. The number of amides is 1. The second kappa shape index (κ2) is 11.8. The van der Waals surface area contributed by atoms with Crippen molar-refractivity contribution >= 4 is 6.09 Å². The van der Waals surface area contributed by atoms with E-state index in [9.17, 15) is 9.90 Å². The Balaban J connectivity index is 1.53. The van der Waals surface area contributed by atoms with Crippen LogP contribution in [0.25, 0.3) is 0 Å². The summed E-state index contributed by atoms with van der Waals surface area (Å²) in [4.78, 5) is 15.5. The van der Waals surface area contributed by atoms with Gasteiger partial charge in [0.05, 0.1) is 25.9 Å². The summed E-state index contributed by atoms with van der Waals surface area (Å²) in [5, 5.41) is 10.1. The van der Waals surface area contributed by atoms with Crippen molar-refractivity contribution in [2.45, 2.75) is 26.4 Å². The number of hydrogen-bond acceptors (Lipinski definition) is 6. The molecular weight excluding hydrogens is 348 g/mol. The Hall–Kier alpha value is -1.83. The van der Waals surface area contributed by atoms with Crippen LogP contribution in [0.15, 0.2) is 24.3 Å². The van der Waals surface area contributed by atoms with Gasteiger partial charge in [0, 0.05) is 32.7 Å². The van der Waals surface area contributed by atoms with Gasteiger partial charge in [0.2, 0.25) is 0 Å². The first-order valence-electron chi connectivity index (χ1n) is 9.74. The van der Waals surface area contributed by atoms with Gasteiger partial charge in [0.25, 0.3) is 0 Å². The number of nitrogens with zero attached hydrogens (tertiary/aromatic N) is 2. The van der Waals surface area contributed by atoms with Crippen molar-refractivity contribution in [3.8, 4) is 5.75 Å². The summed E-state index contributed by atoms with van der Waals surface area (Å²) in [6.45, 7) is 8.72. The number of aryl methyl sites for hydroxylation is 1. The smallest absolute Gasteiger partial charge is 0.409 e. The molecule has 1 aliphatic heterocycles. The SMILES string of the molecule is CCOC(=O)N1CCN(CC(O)COCCOc2ccc(CC)cc2)CC1. The first kappa shape index (κ1) is 21.5. The maximum Gasteiger partial charge on any atom is 0.409 e. The van der Waals surface area contributed by atoms with Gasteiger partial charge in [0.15, 0.2) is 0 Å². The fourth-order valence-electron chi connectivity index (χ4n) is 2.94. The van der Waals surface area contributed by atoms with E-state index in [1.807, 2.05) is 12.1 Å². The molecule has 152 valence electrons. The van der Waals surface area contributed by atoms with Crippen molar-refractivity contribution in [1.82, 2.24) is 9.80 Å². The van der Waals surface area contributed by atoms with Gasteiger partial charge in [-0.25, -0.2) is 4.79 Å². The number of β-amino-alcohol motifs (C(OH)–C–C–N with tert-alkyl or cyclic N) is 1. The largest absolute Gasteiger partial charge is 0.491 e. The van der Waals surface area contributed by atoms with Gasteiger partial charge in [-0.05, 0) is 31.0 Å². The molecule has 7 heteroatoms. The number of carbonyl (C=O) groups is 1. The Morgan fingerprint density at radius 3 is 2.44 bits per heavy atom. The molecule has 2 rings (SSSR count). The number of piperazine rings is 1. The summed E-state index contributed by atoms with van der Waals surface area (Å²) < 4.78 is 16.1. The molecule has 1 fully saturated rings. The van der Waals surface area contributed by atoms with E-state index in [2.05, 4.69) is 24.0 Å². The Morgan fingerprint density at radius 2 is 1.81 bits per heavy atom. The molecule has 1 saturated heterocycles. The van der Waals surface area contributed by atoms with Gasteiger partial charge >= 0.3 is 6.09 Å². The van der Waals surface area contributed by atoms with Crippen LogP contribution in [0.2, 0.25) is 0 Å². The summed E-state index contributed by atoms with van der Waals surface area (Å²) in [6.07, 6.45) is 0.201. The summed E-state index contributed by atoms with van der Waals surface area (Å²) >= 11 is 0. The third-order valence-electron chi connectivity index (χ3n) is 4.51. The highest BCUT2D eigenvalue weighted by molar-refractivity contribution is 5.67. The Labute approximate surface area is 161 Å². The maximum absolute atomic E-state index is 11.7. The average molecular weight is 380 g/mol. The molecule has 0 aromatic heterocycles. The molecule has 0 bridgehead atoms. The highest BCUT2D eigenvalue weighted by atomic mass is 16.6. The minimum Gasteiger partial charge on any atom is -0.491 e. The van der Waals surface area contributed by atoms with Crippen LogP contribution in [0.4, 0.5) is 4.79 Å².